The molecule has 0 radical (unpaired) electrons. The van der Waals surface area contributed by atoms with Gasteiger partial charge in [0.25, 0.3) is 0 Å². The molecule has 0 spiro atoms. The van der Waals surface area contributed by atoms with Crippen molar-refractivity contribution in [2.45, 2.75) is 213 Å². The number of β-lactam (4-membered cyclic amide) rings is 1. The largest absolute Gasteiger partial charge is 0.497 e. The van der Waals surface area contributed by atoms with Gasteiger partial charge in [-0.15, -0.1) is 0 Å². The van der Waals surface area contributed by atoms with Gasteiger partial charge >= 0.3 is 18.3 Å². The van der Waals surface area contributed by atoms with Gasteiger partial charge in [-0.25, -0.2) is 19.3 Å². The fourth-order valence-electron chi connectivity index (χ4n) is 17.5. The highest BCUT2D eigenvalue weighted by Gasteiger charge is 2.63. The number of rotatable bonds is 12. The van der Waals surface area contributed by atoms with E-state index in [9.17, 15) is 28.8 Å². The van der Waals surface area contributed by atoms with Crippen LogP contribution in [0.5, 0.6) is 17.2 Å². The first-order valence-corrected chi connectivity index (χ1v) is 38.8. The maximum absolute atomic E-state index is 13.1. The molecule has 3 aromatic carbocycles. The van der Waals surface area contributed by atoms with E-state index in [1.54, 1.807) is 21.3 Å². The number of amides is 6. The van der Waals surface area contributed by atoms with Gasteiger partial charge in [-0.05, 0) is 284 Å². The van der Waals surface area contributed by atoms with Crippen LogP contribution in [0.4, 0.5) is 14.4 Å². The zero-order valence-corrected chi connectivity index (χ0v) is 64.9. The number of fused-ring (bicyclic) bond motifs is 15. The Hall–Kier alpha value is -8.12. The Balaban J connectivity index is 0.000000141. The van der Waals surface area contributed by atoms with Crippen molar-refractivity contribution in [3.05, 3.63) is 162 Å². The third-order valence-corrected chi connectivity index (χ3v) is 22.8. The van der Waals surface area contributed by atoms with Gasteiger partial charge in [-0.3, -0.25) is 14.4 Å². The summed E-state index contributed by atoms with van der Waals surface area (Å²) in [6, 6.07) is 22.5. The Morgan fingerprint density at radius 2 is 0.714 bits per heavy atom. The van der Waals surface area contributed by atoms with Gasteiger partial charge in [0, 0.05) is 6.04 Å². The maximum atomic E-state index is 13.1. The van der Waals surface area contributed by atoms with Crippen molar-refractivity contribution in [3.63, 3.8) is 0 Å². The Morgan fingerprint density at radius 1 is 0.410 bits per heavy atom. The molecule has 570 valence electrons. The van der Waals surface area contributed by atoms with Crippen LogP contribution in [0.1, 0.15) is 195 Å². The lowest BCUT2D eigenvalue weighted by Crippen LogP contribution is -2.65. The van der Waals surface area contributed by atoms with E-state index in [1.165, 1.54) is 62.7 Å². The lowest BCUT2D eigenvalue weighted by Gasteiger charge is -2.46. The summed E-state index contributed by atoms with van der Waals surface area (Å²) in [4.78, 5) is 75.8. The molecule has 12 aliphatic carbocycles. The van der Waals surface area contributed by atoms with Crippen molar-refractivity contribution in [2.75, 3.05) is 21.3 Å². The quantitative estimate of drug-likeness (QED) is 0.0645. The minimum absolute atomic E-state index is 0.0394. The number of imide groups is 1. The number of carbonyl (C=O) groups is 6. The van der Waals surface area contributed by atoms with Crippen LogP contribution in [0, 0.1) is 88.8 Å². The zero-order chi connectivity index (χ0) is 75.7. The van der Waals surface area contributed by atoms with Crippen molar-refractivity contribution in [1.82, 2.24) is 26.2 Å². The summed E-state index contributed by atoms with van der Waals surface area (Å²) in [6.07, 6.45) is 41.6. The molecule has 6 saturated carbocycles. The second-order valence-electron chi connectivity index (χ2n) is 34.2. The molecular formula is C87H120N6O12. The normalized spacial score (nSPS) is 30.8. The number of alkyl carbamates (subject to hydrolysis) is 2. The molecule has 12 bridgehead atoms. The number of methoxy groups -OCH3 is 3. The second kappa shape index (κ2) is 34.6. The fraction of sp³-hybridized carbons (Fsp3) is 0.586. The highest BCUT2D eigenvalue weighted by Crippen LogP contribution is 2.53. The molecule has 105 heavy (non-hydrogen) atoms. The summed E-state index contributed by atoms with van der Waals surface area (Å²) < 4.78 is 31.4. The van der Waals surface area contributed by atoms with Crippen molar-refractivity contribution in [3.8, 4) is 17.2 Å². The molecule has 13 aliphatic rings. The van der Waals surface area contributed by atoms with Crippen LogP contribution in [-0.4, -0.2) is 97.2 Å². The number of likely N-dealkylation sites (tertiary alicyclic amines) is 1. The average molecular weight is 1440 g/mol. The van der Waals surface area contributed by atoms with E-state index in [0.717, 1.165) is 88.7 Å². The smallest absolute Gasteiger partial charge is 0.417 e. The molecule has 3 aromatic rings. The number of hydrogen-bond donors (Lipinski definition) is 5. The molecular weight excluding hydrogens is 1320 g/mol. The highest BCUT2D eigenvalue weighted by molar-refractivity contribution is 6.00. The van der Waals surface area contributed by atoms with Crippen molar-refractivity contribution in [1.29, 1.82) is 0 Å². The first kappa shape index (κ1) is 79.4. The molecule has 21 atom stereocenters. The van der Waals surface area contributed by atoms with Crippen LogP contribution in [-0.2, 0) is 28.6 Å². The topological polar surface area (TPSA) is 235 Å². The molecule has 18 nitrogen and oxygen atoms in total. The minimum atomic E-state index is -0.571. The van der Waals surface area contributed by atoms with Crippen molar-refractivity contribution < 1.29 is 57.2 Å². The predicted octanol–water partition coefficient (Wildman–Crippen LogP) is 16.8. The number of benzene rings is 3. The molecule has 6 N–H and O–H groups in total. The molecule has 6 amide bonds. The van der Waals surface area contributed by atoms with E-state index >= 15 is 0 Å². The Kier molecular flexibility index (Phi) is 26.2. The zero-order valence-electron chi connectivity index (χ0n) is 64.9. The average Bonchev–Trinajstić information content (AvgIpc) is 1.57. The van der Waals surface area contributed by atoms with Crippen LogP contribution in [0.15, 0.2) is 146 Å². The summed E-state index contributed by atoms with van der Waals surface area (Å²) in [5.74, 6) is 9.05. The van der Waals surface area contributed by atoms with Crippen LogP contribution >= 0.6 is 0 Å². The van der Waals surface area contributed by atoms with Crippen LogP contribution in [0.3, 0.4) is 0 Å². The van der Waals surface area contributed by atoms with Gasteiger partial charge in [-0.2, -0.15) is 0 Å². The number of nitrogens with two attached hydrogens (primary N) is 1. The number of ether oxygens (including phenoxy) is 6. The van der Waals surface area contributed by atoms with Crippen LogP contribution in [0.25, 0.3) is 0 Å². The number of nitrogens with one attached hydrogen (secondary N) is 4. The summed E-state index contributed by atoms with van der Waals surface area (Å²) in [5, 5.41) is 12.1. The molecule has 2 unspecified atom stereocenters. The monoisotopic (exact) mass is 1440 g/mol. The Bertz CT molecular complexity index is 3420. The number of nitrogens with zero attached hydrogens (tertiary/aromatic N) is 1. The van der Waals surface area contributed by atoms with Gasteiger partial charge in [-0.1, -0.05) is 109 Å². The van der Waals surface area contributed by atoms with Gasteiger partial charge in [0.1, 0.15) is 34.1 Å². The van der Waals surface area contributed by atoms with E-state index in [0.29, 0.717) is 11.8 Å². The number of hydrogen-bond acceptors (Lipinski definition) is 13. The Morgan fingerprint density at radius 3 is 1.01 bits per heavy atom. The summed E-state index contributed by atoms with van der Waals surface area (Å²) >= 11 is 0. The molecule has 0 aromatic heterocycles. The van der Waals surface area contributed by atoms with Gasteiger partial charge in [0.15, 0.2) is 0 Å². The number of allylic oxidation sites excluding steroid dienone is 9. The van der Waals surface area contributed by atoms with E-state index in [2.05, 4.69) is 94.2 Å². The van der Waals surface area contributed by atoms with E-state index in [4.69, 9.17) is 34.2 Å². The second-order valence-corrected chi connectivity index (χ2v) is 34.2. The maximum Gasteiger partial charge on any atom is 0.417 e. The van der Waals surface area contributed by atoms with E-state index in [1.807, 2.05) is 156 Å². The van der Waals surface area contributed by atoms with Crippen LogP contribution < -0.4 is 41.2 Å². The van der Waals surface area contributed by atoms with E-state index < -0.39 is 35.1 Å². The van der Waals surface area contributed by atoms with Crippen molar-refractivity contribution >= 4 is 36.0 Å². The predicted molar refractivity (Wildman–Crippen MR) is 410 cm³/mol. The van der Waals surface area contributed by atoms with Crippen molar-refractivity contribution in [2.24, 2.45) is 94.5 Å². The number of carbonyl (C=O) groups excluding carboxylic acids is 6. The molecule has 7 fully saturated rings. The minimum Gasteiger partial charge on any atom is -0.497 e. The molecule has 18 heteroatoms. The first-order valence-electron chi connectivity index (χ1n) is 38.8. The molecule has 1 heterocycles. The molecule has 1 saturated heterocycles. The SMILES string of the molecule is C1=C[C@H]2CC[C@@H]1C2.C1=C[C@H]2CC[C@@H]1C2.C1=C[C@H]2CC[C@@H]1C2.CC(C)(C)OC(=O)N1C(=O)C2C1[C@H]1C=C[C@@H]2C1.COc1ccc([C@@H](C)N)cc1.COc1ccc([C@@H](C)NC(=O)[C@@H]2[C@H](NC(=O)OC(C)(C)C)[C@H]3C=C[C@@H]2C3)cc1.COc1ccc([C@@H](C)NC(=O)[C@H]2[C@@H](NC(=O)OC(C)(C)C)[C@H]3C=C[C@@H]2C3)cc1. The standard InChI is InChI=1S/2C22H30N2O4.C13H17NO3.C9H13NO.3C7H10/c2*1-13(14-8-10-17(27-5)11-9-14)23-20(25)18-15-6-7-16(12-15)19(18)24-21(26)28-22(2,3)4;1-13(2,3)17-12(16)14-10-8-5-4-7(6-8)9(10)11(14)15;1-7(10)8-3-5-9(11-2)6-4-8;3*1-2-7-4-3-6(1)5-7/h2*6-11,13,15-16,18-19H,12H2,1-5H3,(H,23,25)(H,24,26);4-5,7-10H,6H2,1-3H3;3-7H,10H2,1-2H3;3*1-2,6-7H,3-5H2/t13-,15-,16+,18+,19-;13-,15-,16+,18-,19+;7-,8+,9?,10?;7-;3*6-,7+/m1111.../s1. The third kappa shape index (κ3) is 21.2. The van der Waals surface area contributed by atoms with Gasteiger partial charge in [0.05, 0.1) is 69.3 Å². The fourth-order valence-corrected chi connectivity index (χ4v) is 17.5. The lowest BCUT2D eigenvalue weighted by molar-refractivity contribution is -0.154. The first-order chi connectivity index (χ1) is 49.8. The Labute approximate surface area is 624 Å². The van der Waals surface area contributed by atoms with Gasteiger partial charge < -0.3 is 55.4 Å². The van der Waals surface area contributed by atoms with Crippen LogP contribution in [0.2, 0.25) is 0 Å². The summed E-state index contributed by atoms with van der Waals surface area (Å²) in [6.45, 7) is 22.3. The third-order valence-electron chi connectivity index (χ3n) is 22.8. The summed E-state index contributed by atoms with van der Waals surface area (Å²) in [5.41, 5.74) is 7.11. The molecule has 16 rings (SSSR count). The summed E-state index contributed by atoms with van der Waals surface area (Å²) in [7, 11) is 4.90. The highest BCUT2D eigenvalue weighted by atomic mass is 16.6. The lowest BCUT2D eigenvalue weighted by atomic mass is 9.80. The molecule has 1 aliphatic heterocycles. The van der Waals surface area contributed by atoms with Gasteiger partial charge in [0.2, 0.25) is 17.7 Å². The van der Waals surface area contributed by atoms with E-state index in [-0.39, 0.29) is 95.4 Å².